The van der Waals surface area contributed by atoms with E-state index >= 15 is 0 Å². The molecule has 0 radical (unpaired) electrons. The van der Waals surface area contributed by atoms with Gasteiger partial charge >= 0.3 is 0 Å². The maximum absolute atomic E-state index is 13.1. The molecule has 0 fully saturated rings. The monoisotopic (exact) mass is 311 g/mol. The molecular weight excluding hydrogens is 290 g/mol. The molecule has 1 unspecified atom stereocenters. The van der Waals surface area contributed by atoms with E-state index in [0.29, 0.717) is 17.1 Å². The Hall–Kier alpha value is -2.49. The van der Waals surface area contributed by atoms with E-state index in [1.807, 2.05) is 23.1 Å². The molecule has 0 N–H and O–H groups in total. The summed E-state index contributed by atoms with van der Waals surface area (Å²) >= 11 is 0. The van der Waals surface area contributed by atoms with Crippen LogP contribution in [0, 0.1) is 0 Å². The van der Waals surface area contributed by atoms with Crippen molar-refractivity contribution in [3.8, 4) is 11.5 Å². The summed E-state index contributed by atoms with van der Waals surface area (Å²) in [6.07, 6.45) is 1.96. The van der Waals surface area contributed by atoms with E-state index in [0.717, 1.165) is 18.5 Å². The molecule has 2 aromatic rings. The second kappa shape index (κ2) is 6.32. The third-order valence-corrected chi connectivity index (χ3v) is 4.34. The highest BCUT2D eigenvalue weighted by Gasteiger charge is 2.29. The molecule has 1 amide bonds. The molecule has 120 valence electrons. The summed E-state index contributed by atoms with van der Waals surface area (Å²) in [4.78, 5) is 15.0. The number of amides is 1. The summed E-state index contributed by atoms with van der Waals surface area (Å²) in [6, 6.07) is 13.5. The number of hydrogen-bond donors (Lipinski definition) is 0. The lowest BCUT2D eigenvalue weighted by Crippen LogP contribution is -2.42. The predicted octanol–water partition coefficient (Wildman–Crippen LogP) is 3.69. The minimum Gasteiger partial charge on any atom is -0.497 e. The second-order valence-corrected chi connectivity index (χ2v) is 5.79. The van der Waals surface area contributed by atoms with E-state index in [1.165, 1.54) is 5.56 Å². The van der Waals surface area contributed by atoms with Gasteiger partial charge in [-0.25, -0.2) is 0 Å². The Morgan fingerprint density at radius 1 is 1.09 bits per heavy atom. The Morgan fingerprint density at radius 3 is 2.39 bits per heavy atom. The highest BCUT2D eigenvalue weighted by atomic mass is 16.5. The molecule has 4 heteroatoms. The lowest BCUT2D eigenvalue weighted by molar-refractivity contribution is 0.0974. The van der Waals surface area contributed by atoms with Crippen molar-refractivity contribution in [3.63, 3.8) is 0 Å². The van der Waals surface area contributed by atoms with Crippen LogP contribution in [0.3, 0.4) is 0 Å². The highest BCUT2D eigenvalue weighted by molar-refractivity contribution is 6.07. The van der Waals surface area contributed by atoms with Gasteiger partial charge in [0, 0.05) is 23.4 Å². The lowest BCUT2D eigenvalue weighted by atomic mass is 9.95. The zero-order valence-corrected chi connectivity index (χ0v) is 13.7. The number of nitrogens with zero attached hydrogens (tertiary/aromatic N) is 1. The number of carbonyl (C=O) groups excluding carboxylic acids is 1. The fraction of sp³-hybridized carbons (Fsp3) is 0.316. The Balaban J connectivity index is 2.03. The van der Waals surface area contributed by atoms with E-state index in [2.05, 4.69) is 13.0 Å². The van der Waals surface area contributed by atoms with Crippen LogP contribution in [-0.4, -0.2) is 26.2 Å². The van der Waals surface area contributed by atoms with E-state index in [-0.39, 0.29) is 11.9 Å². The van der Waals surface area contributed by atoms with Gasteiger partial charge in [-0.05, 0) is 43.5 Å². The number of para-hydroxylation sites is 1. The van der Waals surface area contributed by atoms with Gasteiger partial charge in [-0.3, -0.25) is 4.79 Å². The van der Waals surface area contributed by atoms with Crippen LogP contribution in [0.4, 0.5) is 5.69 Å². The van der Waals surface area contributed by atoms with E-state index < -0.39 is 0 Å². The van der Waals surface area contributed by atoms with Crippen molar-refractivity contribution in [1.29, 1.82) is 0 Å². The first kappa shape index (κ1) is 15.4. The van der Waals surface area contributed by atoms with Crippen LogP contribution in [0.25, 0.3) is 0 Å². The predicted molar refractivity (Wildman–Crippen MR) is 90.6 cm³/mol. The van der Waals surface area contributed by atoms with Crippen LogP contribution in [0.2, 0.25) is 0 Å². The zero-order chi connectivity index (χ0) is 16.4. The standard InChI is InChI=1S/C19H21NO3/c1-13-8-9-14-6-4-5-7-18(14)20(13)19(21)15-10-16(22-2)12-17(11-15)23-3/h4-7,10-13H,8-9H2,1-3H3. The second-order valence-electron chi connectivity index (χ2n) is 5.79. The smallest absolute Gasteiger partial charge is 0.258 e. The molecule has 0 saturated carbocycles. The number of hydrogen-bond acceptors (Lipinski definition) is 3. The molecule has 0 aromatic heterocycles. The number of methoxy groups -OCH3 is 2. The van der Waals surface area contributed by atoms with E-state index in [1.54, 1.807) is 32.4 Å². The number of rotatable bonds is 3. The first-order valence-corrected chi connectivity index (χ1v) is 7.78. The summed E-state index contributed by atoms with van der Waals surface area (Å²) in [7, 11) is 3.17. The number of anilines is 1. The SMILES string of the molecule is COc1cc(OC)cc(C(=O)N2c3ccccc3CCC2C)c1. The number of carbonyl (C=O) groups is 1. The molecule has 1 heterocycles. The number of fused-ring (bicyclic) bond motifs is 1. The average Bonchev–Trinajstić information content (AvgIpc) is 2.60. The third-order valence-electron chi connectivity index (χ3n) is 4.34. The number of aryl methyl sites for hydroxylation is 1. The molecule has 3 rings (SSSR count). The molecule has 4 nitrogen and oxygen atoms in total. The minimum atomic E-state index is -0.0261. The van der Waals surface area contributed by atoms with E-state index in [4.69, 9.17) is 9.47 Å². The number of benzene rings is 2. The molecule has 1 aliphatic rings. The fourth-order valence-electron chi connectivity index (χ4n) is 3.07. The van der Waals surface area contributed by atoms with Crippen molar-refractivity contribution in [1.82, 2.24) is 0 Å². The highest BCUT2D eigenvalue weighted by Crippen LogP contribution is 2.33. The van der Waals surface area contributed by atoms with Crippen molar-refractivity contribution in [2.45, 2.75) is 25.8 Å². The first-order chi connectivity index (χ1) is 11.1. The fourth-order valence-corrected chi connectivity index (χ4v) is 3.07. The van der Waals surface area contributed by atoms with Gasteiger partial charge in [-0.15, -0.1) is 0 Å². The molecule has 23 heavy (non-hydrogen) atoms. The van der Waals surface area contributed by atoms with Crippen LogP contribution >= 0.6 is 0 Å². The molecule has 1 aliphatic heterocycles. The average molecular weight is 311 g/mol. The van der Waals surface area contributed by atoms with Gasteiger partial charge in [0.25, 0.3) is 5.91 Å². The van der Waals surface area contributed by atoms with Gasteiger partial charge in [0.1, 0.15) is 11.5 Å². The summed E-state index contributed by atoms with van der Waals surface area (Å²) < 4.78 is 10.6. The van der Waals surface area contributed by atoms with Crippen LogP contribution in [0.1, 0.15) is 29.3 Å². The zero-order valence-electron chi connectivity index (χ0n) is 13.7. The molecule has 0 spiro atoms. The Kier molecular flexibility index (Phi) is 4.24. The van der Waals surface area contributed by atoms with Crippen LogP contribution < -0.4 is 14.4 Å². The molecular formula is C19H21NO3. The van der Waals surface area contributed by atoms with Crippen LogP contribution in [0.15, 0.2) is 42.5 Å². The van der Waals surface area contributed by atoms with Crippen molar-refractivity contribution >= 4 is 11.6 Å². The third kappa shape index (κ3) is 2.89. The van der Waals surface area contributed by atoms with Crippen molar-refractivity contribution < 1.29 is 14.3 Å². The largest absolute Gasteiger partial charge is 0.497 e. The summed E-state index contributed by atoms with van der Waals surface area (Å²) in [5.41, 5.74) is 2.79. The van der Waals surface area contributed by atoms with Crippen molar-refractivity contribution in [3.05, 3.63) is 53.6 Å². The van der Waals surface area contributed by atoms with Crippen LogP contribution in [-0.2, 0) is 6.42 Å². The topological polar surface area (TPSA) is 38.8 Å². The Morgan fingerprint density at radius 2 is 1.74 bits per heavy atom. The van der Waals surface area contributed by atoms with E-state index in [9.17, 15) is 4.79 Å². The van der Waals surface area contributed by atoms with Gasteiger partial charge in [0.15, 0.2) is 0 Å². The quantitative estimate of drug-likeness (QED) is 0.868. The Labute approximate surface area is 136 Å². The van der Waals surface area contributed by atoms with Gasteiger partial charge in [-0.2, -0.15) is 0 Å². The van der Waals surface area contributed by atoms with Gasteiger partial charge in [-0.1, -0.05) is 18.2 Å². The lowest BCUT2D eigenvalue weighted by Gasteiger charge is -2.35. The summed E-state index contributed by atoms with van der Waals surface area (Å²) in [5.74, 6) is 1.21. The maximum atomic E-state index is 13.1. The normalized spacial score (nSPS) is 16.7. The van der Waals surface area contributed by atoms with Crippen LogP contribution in [0.5, 0.6) is 11.5 Å². The maximum Gasteiger partial charge on any atom is 0.258 e. The van der Waals surface area contributed by atoms with Gasteiger partial charge < -0.3 is 14.4 Å². The molecule has 0 saturated heterocycles. The van der Waals surface area contributed by atoms with Crippen molar-refractivity contribution in [2.75, 3.05) is 19.1 Å². The van der Waals surface area contributed by atoms with Gasteiger partial charge in [0.2, 0.25) is 0 Å². The summed E-state index contributed by atoms with van der Waals surface area (Å²) in [5, 5.41) is 0. The minimum absolute atomic E-state index is 0.0261. The molecule has 0 aliphatic carbocycles. The molecule has 2 aromatic carbocycles. The van der Waals surface area contributed by atoms with Gasteiger partial charge in [0.05, 0.1) is 14.2 Å². The van der Waals surface area contributed by atoms with Crippen molar-refractivity contribution in [2.24, 2.45) is 0 Å². The Bertz CT molecular complexity index is 704. The number of ether oxygens (including phenoxy) is 2. The molecule has 1 atom stereocenters. The molecule has 0 bridgehead atoms. The summed E-state index contributed by atoms with van der Waals surface area (Å²) in [6.45, 7) is 2.09. The first-order valence-electron chi connectivity index (χ1n) is 7.78.